The molecule has 2 fully saturated rings. The average molecular weight is 217 g/mol. The molecule has 0 heterocycles. The lowest BCUT2D eigenvalue weighted by Crippen LogP contribution is -2.20. The van der Waals surface area contributed by atoms with Crippen LogP contribution >= 0.6 is 23.2 Å². The Labute approximate surface area is 89.3 Å². The second-order valence-corrected chi connectivity index (χ2v) is 6.15. The molecule has 0 nitrogen and oxygen atoms in total. The molecule has 72 valence electrons. The van der Waals surface area contributed by atoms with E-state index in [0.717, 1.165) is 12.8 Å². The van der Waals surface area contributed by atoms with Crippen molar-refractivity contribution in [2.75, 3.05) is 0 Å². The molecule has 2 saturated carbocycles. The first kappa shape index (κ1) is 8.61. The van der Waals surface area contributed by atoms with Gasteiger partial charge in [-0.2, -0.15) is 0 Å². The molecule has 0 amide bonds. The summed E-state index contributed by atoms with van der Waals surface area (Å²) in [5.74, 6) is 0. The number of hydrogen-bond acceptors (Lipinski definition) is 0. The van der Waals surface area contributed by atoms with Crippen LogP contribution in [0.2, 0.25) is 0 Å². The van der Waals surface area contributed by atoms with E-state index in [4.69, 9.17) is 23.2 Å². The molecule has 0 bridgehead atoms. The van der Waals surface area contributed by atoms with E-state index in [0.29, 0.717) is 0 Å². The van der Waals surface area contributed by atoms with Crippen LogP contribution in [-0.2, 0) is 0 Å². The van der Waals surface area contributed by atoms with Crippen LogP contribution in [0.25, 0.3) is 0 Å². The molecule has 0 aromatic heterocycles. The van der Waals surface area contributed by atoms with Gasteiger partial charge in [-0.25, -0.2) is 0 Å². The molecule has 0 N–H and O–H groups in total. The van der Waals surface area contributed by atoms with E-state index < -0.39 is 4.33 Å². The number of hydrogen-bond donors (Lipinski definition) is 0. The van der Waals surface area contributed by atoms with Crippen molar-refractivity contribution >= 4 is 23.2 Å². The molecule has 2 heteroatoms. The zero-order valence-electron chi connectivity index (χ0n) is 7.65. The third kappa shape index (κ3) is 0.699. The first-order chi connectivity index (χ1) is 6.16. The van der Waals surface area contributed by atoms with Crippen LogP contribution < -0.4 is 0 Å². The highest BCUT2D eigenvalue weighted by Gasteiger charge is 2.85. The smallest absolute Gasteiger partial charge is 0.100 e. The molecular formula is C11H14Cl2. The molecule has 2 unspecified atom stereocenters. The molecule has 0 aliphatic heterocycles. The Kier molecular flexibility index (Phi) is 1.51. The van der Waals surface area contributed by atoms with Gasteiger partial charge in [0.2, 0.25) is 0 Å². The van der Waals surface area contributed by atoms with Gasteiger partial charge in [0.1, 0.15) is 4.33 Å². The Bertz CT molecular complexity index is 256. The van der Waals surface area contributed by atoms with Crippen molar-refractivity contribution in [1.82, 2.24) is 0 Å². The van der Waals surface area contributed by atoms with Gasteiger partial charge in [-0.3, -0.25) is 0 Å². The molecule has 0 spiro atoms. The van der Waals surface area contributed by atoms with E-state index in [9.17, 15) is 0 Å². The topological polar surface area (TPSA) is 0 Å². The normalized spacial score (nSPS) is 50.9. The number of allylic oxidation sites excluding steroid dienone is 2. The van der Waals surface area contributed by atoms with Gasteiger partial charge in [0, 0.05) is 10.8 Å². The van der Waals surface area contributed by atoms with Crippen LogP contribution in [0.3, 0.4) is 0 Å². The quantitative estimate of drug-likeness (QED) is 0.423. The molecule has 0 aromatic carbocycles. The molecule has 2 atom stereocenters. The molecule has 0 saturated heterocycles. The van der Waals surface area contributed by atoms with Crippen molar-refractivity contribution in [3.05, 3.63) is 12.2 Å². The van der Waals surface area contributed by atoms with Crippen LogP contribution in [0.15, 0.2) is 12.2 Å². The maximum absolute atomic E-state index is 6.49. The van der Waals surface area contributed by atoms with Crippen LogP contribution in [-0.4, -0.2) is 4.33 Å². The van der Waals surface area contributed by atoms with Crippen molar-refractivity contribution in [3.8, 4) is 0 Å². The molecule has 3 aliphatic carbocycles. The van der Waals surface area contributed by atoms with Crippen LogP contribution in [0.1, 0.15) is 38.5 Å². The van der Waals surface area contributed by atoms with Crippen LogP contribution in [0, 0.1) is 10.8 Å². The zero-order chi connectivity index (χ0) is 9.16. The Balaban J connectivity index is 2.07. The minimum Gasteiger partial charge on any atom is -0.100 e. The fraction of sp³-hybridized carbons (Fsp3) is 0.818. The highest BCUT2D eigenvalue weighted by molar-refractivity contribution is 6.52. The predicted molar refractivity (Wildman–Crippen MR) is 56.1 cm³/mol. The Morgan fingerprint density at radius 1 is 0.846 bits per heavy atom. The monoisotopic (exact) mass is 216 g/mol. The second-order valence-electron chi connectivity index (χ2n) is 4.83. The minimum absolute atomic E-state index is 0.260. The predicted octanol–water partition coefficient (Wildman–Crippen LogP) is 4.07. The van der Waals surface area contributed by atoms with Crippen molar-refractivity contribution < 1.29 is 0 Å². The highest BCUT2D eigenvalue weighted by Crippen LogP contribution is 2.86. The van der Waals surface area contributed by atoms with E-state index in [1.807, 2.05) is 0 Å². The lowest BCUT2D eigenvalue weighted by atomic mass is 9.73. The van der Waals surface area contributed by atoms with Gasteiger partial charge in [0.15, 0.2) is 0 Å². The summed E-state index contributed by atoms with van der Waals surface area (Å²) in [5, 5.41) is 0. The summed E-state index contributed by atoms with van der Waals surface area (Å²) < 4.78 is -0.417. The summed E-state index contributed by atoms with van der Waals surface area (Å²) >= 11 is 13.0. The van der Waals surface area contributed by atoms with Gasteiger partial charge in [0.05, 0.1) is 0 Å². The van der Waals surface area contributed by atoms with Gasteiger partial charge in [-0.05, 0) is 25.7 Å². The number of rotatable bonds is 0. The summed E-state index contributed by atoms with van der Waals surface area (Å²) in [4.78, 5) is 0. The third-order valence-electron chi connectivity index (χ3n) is 4.61. The maximum Gasteiger partial charge on any atom is 0.131 e. The summed E-state index contributed by atoms with van der Waals surface area (Å²) in [6.45, 7) is 0. The van der Waals surface area contributed by atoms with Gasteiger partial charge >= 0.3 is 0 Å². The van der Waals surface area contributed by atoms with Gasteiger partial charge < -0.3 is 0 Å². The zero-order valence-corrected chi connectivity index (χ0v) is 9.17. The van der Waals surface area contributed by atoms with Gasteiger partial charge in [-0.1, -0.05) is 25.0 Å². The Hall–Kier alpha value is 0.320. The SMILES string of the molecule is ClC1(Cl)C23CC=CCC12CCCC3. The van der Waals surface area contributed by atoms with Crippen molar-refractivity contribution in [2.24, 2.45) is 10.8 Å². The molecule has 3 aliphatic rings. The van der Waals surface area contributed by atoms with E-state index in [1.165, 1.54) is 25.7 Å². The fourth-order valence-electron chi connectivity index (χ4n) is 3.81. The lowest BCUT2D eigenvalue weighted by Gasteiger charge is -2.30. The first-order valence-corrected chi connectivity index (χ1v) is 5.95. The first-order valence-electron chi connectivity index (χ1n) is 5.19. The molecule has 3 rings (SSSR count). The standard InChI is InChI=1S/C11H14Cl2/c12-11(13)9-5-1-2-6-10(9,11)8-4-3-7-9/h1-2H,3-8H2. The largest absolute Gasteiger partial charge is 0.131 e. The van der Waals surface area contributed by atoms with E-state index in [1.54, 1.807) is 0 Å². The third-order valence-corrected chi connectivity index (χ3v) is 6.06. The summed E-state index contributed by atoms with van der Waals surface area (Å²) in [6.07, 6.45) is 11.9. The summed E-state index contributed by atoms with van der Waals surface area (Å²) in [5.41, 5.74) is 0.520. The minimum atomic E-state index is -0.417. The molecular weight excluding hydrogens is 203 g/mol. The highest BCUT2D eigenvalue weighted by atomic mass is 35.5. The van der Waals surface area contributed by atoms with Gasteiger partial charge in [-0.15, -0.1) is 23.2 Å². The average Bonchev–Trinajstić information content (AvgIpc) is 2.61. The van der Waals surface area contributed by atoms with E-state index >= 15 is 0 Å². The van der Waals surface area contributed by atoms with Crippen LogP contribution in [0.4, 0.5) is 0 Å². The number of alkyl halides is 2. The van der Waals surface area contributed by atoms with E-state index in [2.05, 4.69) is 12.2 Å². The fourth-order valence-corrected chi connectivity index (χ4v) is 5.12. The summed E-state index contributed by atoms with van der Waals surface area (Å²) in [7, 11) is 0. The van der Waals surface area contributed by atoms with Gasteiger partial charge in [0.25, 0.3) is 0 Å². The number of halogens is 2. The van der Waals surface area contributed by atoms with Crippen molar-refractivity contribution in [1.29, 1.82) is 0 Å². The van der Waals surface area contributed by atoms with Crippen molar-refractivity contribution in [3.63, 3.8) is 0 Å². The van der Waals surface area contributed by atoms with Crippen molar-refractivity contribution in [2.45, 2.75) is 42.9 Å². The van der Waals surface area contributed by atoms with E-state index in [-0.39, 0.29) is 10.8 Å². The second kappa shape index (κ2) is 2.28. The molecule has 0 aromatic rings. The maximum atomic E-state index is 6.49. The molecule has 13 heavy (non-hydrogen) atoms. The molecule has 0 radical (unpaired) electrons. The Morgan fingerprint density at radius 2 is 1.31 bits per heavy atom. The lowest BCUT2D eigenvalue weighted by molar-refractivity contribution is 0.231. The Morgan fingerprint density at radius 3 is 1.77 bits per heavy atom. The summed E-state index contributed by atoms with van der Waals surface area (Å²) in [6, 6.07) is 0. The van der Waals surface area contributed by atoms with Crippen LogP contribution in [0.5, 0.6) is 0 Å².